The summed E-state index contributed by atoms with van der Waals surface area (Å²) >= 11 is 0. The van der Waals surface area contributed by atoms with Crippen LogP contribution in [0.15, 0.2) is 24.3 Å². The van der Waals surface area contributed by atoms with E-state index in [9.17, 15) is 4.79 Å². The Hall–Kier alpha value is -0.890. The Kier molecular flexibility index (Phi) is 2.02. The molecule has 0 aliphatic heterocycles. The number of aliphatic hydroxyl groups is 1. The normalized spacial score (nSPS) is 24.7. The van der Waals surface area contributed by atoms with Crippen molar-refractivity contribution in [3.8, 4) is 0 Å². The zero-order valence-corrected chi connectivity index (χ0v) is 5.71. The third-order valence-electron chi connectivity index (χ3n) is 1.55. The van der Waals surface area contributed by atoms with E-state index in [-0.39, 0.29) is 12.2 Å². The third kappa shape index (κ3) is 1.33. The summed E-state index contributed by atoms with van der Waals surface area (Å²) in [6.07, 6.45) is 3.52. The van der Waals surface area contributed by atoms with Crippen LogP contribution in [0.2, 0.25) is 0 Å². The SMILES string of the molecule is C=CCC1=CC(=O)CC1O. The molecule has 0 aromatic rings. The second-order valence-electron chi connectivity index (χ2n) is 2.40. The van der Waals surface area contributed by atoms with E-state index in [1.54, 1.807) is 6.08 Å². The first-order valence-electron chi connectivity index (χ1n) is 3.26. The molecule has 10 heavy (non-hydrogen) atoms. The molecule has 1 aliphatic rings. The van der Waals surface area contributed by atoms with Gasteiger partial charge in [-0.05, 0) is 18.1 Å². The predicted molar refractivity (Wildman–Crippen MR) is 38.5 cm³/mol. The molecule has 54 valence electrons. The highest BCUT2D eigenvalue weighted by molar-refractivity contribution is 5.93. The monoisotopic (exact) mass is 138 g/mol. The highest BCUT2D eigenvalue weighted by atomic mass is 16.3. The van der Waals surface area contributed by atoms with Crippen LogP contribution in [0.25, 0.3) is 0 Å². The van der Waals surface area contributed by atoms with Crippen molar-refractivity contribution in [3.05, 3.63) is 24.3 Å². The predicted octanol–water partition coefficient (Wildman–Crippen LogP) is 0.823. The lowest BCUT2D eigenvalue weighted by Crippen LogP contribution is -2.05. The van der Waals surface area contributed by atoms with E-state index in [0.29, 0.717) is 6.42 Å². The molecule has 0 saturated heterocycles. The summed E-state index contributed by atoms with van der Waals surface area (Å²) in [6.45, 7) is 3.52. The number of hydrogen-bond acceptors (Lipinski definition) is 2. The molecule has 0 radical (unpaired) electrons. The van der Waals surface area contributed by atoms with E-state index >= 15 is 0 Å². The summed E-state index contributed by atoms with van der Waals surface area (Å²) in [4.78, 5) is 10.7. The first kappa shape index (κ1) is 7.22. The van der Waals surface area contributed by atoms with Crippen molar-refractivity contribution in [1.82, 2.24) is 0 Å². The third-order valence-corrected chi connectivity index (χ3v) is 1.55. The topological polar surface area (TPSA) is 37.3 Å². The quantitative estimate of drug-likeness (QED) is 0.574. The lowest BCUT2D eigenvalue weighted by atomic mass is 10.1. The first-order valence-corrected chi connectivity index (χ1v) is 3.26. The minimum atomic E-state index is -0.550. The summed E-state index contributed by atoms with van der Waals surface area (Å²) in [5, 5.41) is 9.15. The Bertz CT molecular complexity index is 191. The molecule has 0 amide bonds. The minimum Gasteiger partial charge on any atom is -0.388 e. The van der Waals surface area contributed by atoms with Crippen molar-refractivity contribution in [2.75, 3.05) is 0 Å². The van der Waals surface area contributed by atoms with Gasteiger partial charge in [0, 0.05) is 6.42 Å². The number of rotatable bonds is 2. The highest BCUT2D eigenvalue weighted by Crippen LogP contribution is 2.18. The first-order chi connectivity index (χ1) is 4.74. The zero-order chi connectivity index (χ0) is 7.56. The summed E-state index contributed by atoms with van der Waals surface area (Å²) in [5.74, 6) is 0.0179. The van der Waals surface area contributed by atoms with Gasteiger partial charge in [-0.2, -0.15) is 0 Å². The molecule has 0 heterocycles. The molecule has 0 aromatic carbocycles. The van der Waals surface area contributed by atoms with E-state index in [1.165, 1.54) is 6.08 Å². The van der Waals surface area contributed by atoms with Crippen molar-refractivity contribution >= 4 is 5.78 Å². The van der Waals surface area contributed by atoms with Gasteiger partial charge in [-0.25, -0.2) is 0 Å². The lowest BCUT2D eigenvalue weighted by molar-refractivity contribution is -0.114. The van der Waals surface area contributed by atoms with Gasteiger partial charge in [-0.15, -0.1) is 6.58 Å². The van der Waals surface area contributed by atoms with Crippen molar-refractivity contribution in [3.63, 3.8) is 0 Å². The molecule has 2 nitrogen and oxygen atoms in total. The van der Waals surface area contributed by atoms with Crippen LogP contribution < -0.4 is 0 Å². The Labute approximate surface area is 59.9 Å². The van der Waals surface area contributed by atoms with E-state index in [4.69, 9.17) is 5.11 Å². The Morgan fingerprint density at radius 2 is 2.60 bits per heavy atom. The van der Waals surface area contributed by atoms with Gasteiger partial charge in [0.1, 0.15) is 0 Å². The second kappa shape index (κ2) is 2.80. The van der Waals surface area contributed by atoms with E-state index in [1.807, 2.05) is 0 Å². The fraction of sp³-hybridized carbons (Fsp3) is 0.375. The van der Waals surface area contributed by atoms with Gasteiger partial charge in [-0.3, -0.25) is 4.79 Å². The molecule has 0 spiro atoms. The Morgan fingerprint density at radius 3 is 3.00 bits per heavy atom. The van der Waals surface area contributed by atoms with Crippen molar-refractivity contribution in [2.45, 2.75) is 18.9 Å². The summed E-state index contributed by atoms with van der Waals surface area (Å²) < 4.78 is 0. The number of carbonyl (C=O) groups is 1. The van der Waals surface area contributed by atoms with E-state index in [2.05, 4.69) is 6.58 Å². The van der Waals surface area contributed by atoms with Gasteiger partial charge in [0.05, 0.1) is 6.10 Å². The maximum Gasteiger partial charge on any atom is 0.158 e. The fourth-order valence-electron chi connectivity index (χ4n) is 1.05. The maximum absolute atomic E-state index is 10.7. The molecule has 0 bridgehead atoms. The number of carbonyl (C=O) groups excluding carboxylic acids is 1. The minimum absolute atomic E-state index is 0.0179. The molecule has 0 fully saturated rings. The van der Waals surface area contributed by atoms with Crippen LogP contribution in [0, 0.1) is 0 Å². The van der Waals surface area contributed by atoms with Gasteiger partial charge in [0.15, 0.2) is 5.78 Å². The van der Waals surface area contributed by atoms with Crippen molar-refractivity contribution in [2.24, 2.45) is 0 Å². The van der Waals surface area contributed by atoms with Crippen LogP contribution in [-0.4, -0.2) is 17.0 Å². The molecular weight excluding hydrogens is 128 g/mol. The molecule has 0 aromatic heterocycles. The molecule has 1 unspecified atom stereocenters. The molecule has 2 heteroatoms. The summed E-state index contributed by atoms with van der Waals surface area (Å²) in [5.41, 5.74) is 0.792. The number of hydrogen-bond donors (Lipinski definition) is 1. The molecule has 0 saturated carbocycles. The molecule has 1 rings (SSSR count). The fourth-order valence-corrected chi connectivity index (χ4v) is 1.05. The summed E-state index contributed by atoms with van der Waals surface area (Å²) in [6, 6.07) is 0. The number of aliphatic hydroxyl groups excluding tert-OH is 1. The van der Waals surface area contributed by atoms with Gasteiger partial charge >= 0.3 is 0 Å². The maximum atomic E-state index is 10.7. The van der Waals surface area contributed by atoms with Crippen LogP contribution >= 0.6 is 0 Å². The van der Waals surface area contributed by atoms with Crippen LogP contribution in [0.4, 0.5) is 0 Å². The average Bonchev–Trinajstić information content (AvgIpc) is 2.13. The molecule has 1 aliphatic carbocycles. The van der Waals surface area contributed by atoms with Crippen LogP contribution in [0.5, 0.6) is 0 Å². The zero-order valence-electron chi connectivity index (χ0n) is 5.71. The van der Waals surface area contributed by atoms with Gasteiger partial charge in [-0.1, -0.05) is 6.08 Å². The van der Waals surface area contributed by atoms with Crippen LogP contribution in [0.3, 0.4) is 0 Å². The standard InChI is InChI=1S/C8H10O2/c1-2-3-6-4-7(9)5-8(6)10/h2,4,8,10H,1,3,5H2. The largest absolute Gasteiger partial charge is 0.388 e. The van der Waals surface area contributed by atoms with Gasteiger partial charge < -0.3 is 5.11 Å². The Balaban J connectivity index is 2.65. The molecule has 1 atom stereocenters. The number of allylic oxidation sites excluding steroid dienone is 2. The van der Waals surface area contributed by atoms with Crippen LogP contribution in [0.1, 0.15) is 12.8 Å². The van der Waals surface area contributed by atoms with Crippen molar-refractivity contribution in [1.29, 1.82) is 0 Å². The van der Waals surface area contributed by atoms with E-state index in [0.717, 1.165) is 5.57 Å². The molecule has 1 N–H and O–H groups in total. The van der Waals surface area contributed by atoms with Crippen molar-refractivity contribution < 1.29 is 9.90 Å². The smallest absolute Gasteiger partial charge is 0.158 e. The van der Waals surface area contributed by atoms with Gasteiger partial charge in [0.2, 0.25) is 0 Å². The molecular formula is C8H10O2. The Morgan fingerprint density at radius 1 is 1.90 bits per heavy atom. The van der Waals surface area contributed by atoms with E-state index < -0.39 is 6.10 Å². The highest BCUT2D eigenvalue weighted by Gasteiger charge is 2.20. The lowest BCUT2D eigenvalue weighted by Gasteiger charge is -2.02. The van der Waals surface area contributed by atoms with Gasteiger partial charge in [0.25, 0.3) is 0 Å². The number of ketones is 1. The van der Waals surface area contributed by atoms with Crippen LogP contribution in [-0.2, 0) is 4.79 Å². The summed E-state index contributed by atoms with van der Waals surface area (Å²) in [7, 11) is 0. The average molecular weight is 138 g/mol. The second-order valence-corrected chi connectivity index (χ2v) is 2.40.